The number of fused-ring (bicyclic) bond motifs is 7. The maximum Gasteiger partial charge on any atom is 0.338 e. The summed E-state index contributed by atoms with van der Waals surface area (Å²) in [4.78, 5) is 49.2. The molecule has 2 aliphatic rings. The molecule has 102 heavy (non-hydrogen) atoms. The van der Waals surface area contributed by atoms with Crippen LogP contribution in [0.15, 0.2) is 346 Å². The van der Waals surface area contributed by atoms with Gasteiger partial charge < -0.3 is 23.8 Å². The van der Waals surface area contributed by atoms with Gasteiger partial charge in [-0.25, -0.2) is 24.5 Å². The monoisotopic (exact) mass is 1310 g/mol. The van der Waals surface area contributed by atoms with Crippen molar-refractivity contribution in [2.24, 2.45) is 0 Å². The van der Waals surface area contributed by atoms with E-state index in [2.05, 4.69) is 202 Å². The number of hydrogen-bond acceptors (Lipinski definition) is 9. The van der Waals surface area contributed by atoms with E-state index in [1.807, 2.05) is 158 Å². The Hall–Kier alpha value is -13.5. The molecule has 0 bridgehead atoms. The molecule has 482 valence electrons. The van der Waals surface area contributed by atoms with E-state index in [0.717, 1.165) is 106 Å². The van der Waals surface area contributed by atoms with Gasteiger partial charge in [0, 0.05) is 67.2 Å². The van der Waals surface area contributed by atoms with Crippen molar-refractivity contribution in [1.82, 2.24) is 19.5 Å². The van der Waals surface area contributed by atoms with Crippen molar-refractivity contribution >= 4 is 91.0 Å². The minimum atomic E-state index is -0.481. The molecule has 0 unspecified atom stereocenters. The second-order valence-corrected chi connectivity index (χ2v) is 25.6. The molecule has 0 saturated carbocycles. The Morgan fingerprint density at radius 1 is 0.314 bits per heavy atom. The van der Waals surface area contributed by atoms with E-state index in [1.165, 1.54) is 27.8 Å². The molecule has 18 rings (SSSR count). The summed E-state index contributed by atoms with van der Waals surface area (Å²) < 4.78 is 14.2. The number of esters is 2. The third kappa shape index (κ3) is 11.1. The number of para-hydroxylation sites is 4. The first-order chi connectivity index (χ1) is 50.4. The van der Waals surface area contributed by atoms with Crippen LogP contribution in [0.3, 0.4) is 0 Å². The molecule has 2 aliphatic heterocycles. The van der Waals surface area contributed by atoms with Crippen LogP contribution in [-0.2, 0) is 22.7 Å². The van der Waals surface area contributed by atoms with Crippen molar-refractivity contribution in [1.29, 1.82) is 0 Å². The average molecular weight is 1310 g/mol. The van der Waals surface area contributed by atoms with Gasteiger partial charge in [-0.1, -0.05) is 243 Å². The molecule has 14 aromatic carbocycles. The molecule has 0 spiro atoms. The highest BCUT2D eigenvalue weighted by molar-refractivity contribution is 7.00. The van der Waals surface area contributed by atoms with Crippen molar-refractivity contribution in [3.8, 4) is 73.2 Å². The normalized spacial score (nSPS) is 12.0. The van der Waals surface area contributed by atoms with Gasteiger partial charge in [-0.3, -0.25) is 0 Å². The predicted octanol–water partition coefficient (Wildman–Crippen LogP) is 19.8. The first-order valence-corrected chi connectivity index (χ1v) is 34.2. The first kappa shape index (κ1) is 60.9. The van der Waals surface area contributed by atoms with Crippen LogP contribution in [0, 0.1) is 0 Å². The molecule has 0 atom stereocenters. The molecular weight excluding hydrogens is 1250 g/mol. The molecule has 11 heteroatoms. The Morgan fingerprint density at radius 3 is 1.24 bits per heavy atom. The first-order valence-electron chi connectivity index (χ1n) is 34.2. The third-order valence-corrected chi connectivity index (χ3v) is 19.5. The molecule has 0 aliphatic carbocycles. The molecule has 0 saturated heterocycles. The number of rotatable bonds is 15. The fourth-order valence-electron chi connectivity index (χ4n) is 14.8. The Morgan fingerprint density at radius 2 is 0.696 bits per heavy atom. The van der Waals surface area contributed by atoms with E-state index < -0.39 is 11.9 Å². The van der Waals surface area contributed by atoms with Gasteiger partial charge in [0.25, 0.3) is 6.71 Å². The third-order valence-electron chi connectivity index (χ3n) is 19.5. The summed E-state index contributed by atoms with van der Waals surface area (Å²) in [5.74, 6) is 0.508. The van der Waals surface area contributed by atoms with Crippen LogP contribution in [0.1, 0.15) is 31.8 Å². The standard InChI is InChI=1S/C91H61BN6O4/c99-90(101-58-60-25-6-1-7-26-60)69-49-51-79-75(56-69)76-57-70(91(100)102-59-61-27-8-2-9-28-61)50-52-80(76)98(79)86-73(41-23-42-74(86)89-94-87(62-29-10-3-11-30-62)93-88(95-89)63-31-12-4-13-32-63)68-37-21-35-66(54-68)64-33-20-34-65(53-64)67-36-22-40-72(55-67)97-82-46-19-17-44-78(82)92-77-43-16-18-45-81(77)96(71-38-14-5-15-39-71)83-47-24-48-84(97)85(83)92/h1-57H,58-59H2. The molecule has 0 N–H and O–H groups in total. The summed E-state index contributed by atoms with van der Waals surface area (Å²) in [6.45, 7) is 0.234. The van der Waals surface area contributed by atoms with Crippen LogP contribution in [0.25, 0.3) is 95.0 Å². The highest BCUT2D eigenvalue weighted by atomic mass is 16.5. The van der Waals surface area contributed by atoms with Gasteiger partial charge in [-0.05, 0) is 158 Å². The quantitative estimate of drug-likeness (QED) is 0.0733. The summed E-state index contributed by atoms with van der Waals surface area (Å²) in [5.41, 5.74) is 23.8. The van der Waals surface area contributed by atoms with Crippen LogP contribution in [-0.4, -0.2) is 38.2 Å². The highest BCUT2D eigenvalue weighted by Gasteiger charge is 2.43. The van der Waals surface area contributed by atoms with Gasteiger partial charge in [0.1, 0.15) is 13.2 Å². The molecule has 0 fully saturated rings. The number of carbonyl (C=O) groups is 2. The number of anilines is 6. The Balaban J connectivity index is 0.780. The zero-order valence-electron chi connectivity index (χ0n) is 55.2. The largest absolute Gasteiger partial charge is 0.457 e. The summed E-state index contributed by atoms with van der Waals surface area (Å²) in [6, 6.07) is 118. The topological polar surface area (TPSA) is 103 Å². The van der Waals surface area contributed by atoms with Crippen molar-refractivity contribution in [2.45, 2.75) is 13.2 Å². The summed E-state index contributed by atoms with van der Waals surface area (Å²) in [5, 5.41) is 1.44. The Bertz CT molecular complexity index is 5740. The van der Waals surface area contributed by atoms with Crippen LogP contribution >= 0.6 is 0 Å². The minimum Gasteiger partial charge on any atom is -0.457 e. The van der Waals surface area contributed by atoms with Crippen LogP contribution in [0.4, 0.5) is 34.1 Å². The Labute approximate surface area is 590 Å². The number of aromatic nitrogens is 4. The summed E-state index contributed by atoms with van der Waals surface area (Å²) in [6.07, 6.45) is 0. The van der Waals surface area contributed by atoms with Gasteiger partial charge in [0.15, 0.2) is 17.5 Å². The SMILES string of the molecule is O=C(OCc1ccccc1)c1ccc2c(c1)c1cc(C(=O)OCc3ccccc3)ccc1n2-c1c(-c2cccc(-c3cccc(-c4cccc(N5c6ccccc6B6c7ccccc7N(c7ccccc7)c7cccc5c76)c4)c3)c2)cccc1-c1nc(-c2ccccc2)nc(-c2ccccc2)n1. The lowest BCUT2D eigenvalue weighted by atomic mass is 9.33. The lowest BCUT2D eigenvalue weighted by Gasteiger charge is -2.44. The second kappa shape index (κ2) is 26.1. The maximum absolute atomic E-state index is 14.2. The summed E-state index contributed by atoms with van der Waals surface area (Å²) in [7, 11) is 0. The average Bonchev–Trinajstić information content (AvgIpc) is 0.737. The smallest absolute Gasteiger partial charge is 0.338 e. The molecule has 10 nitrogen and oxygen atoms in total. The summed E-state index contributed by atoms with van der Waals surface area (Å²) >= 11 is 0. The van der Waals surface area contributed by atoms with Gasteiger partial charge >= 0.3 is 11.9 Å². The van der Waals surface area contributed by atoms with E-state index >= 15 is 0 Å². The number of nitrogens with zero attached hydrogens (tertiary/aromatic N) is 6. The fraction of sp³-hybridized carbons (Fsp3) is 0.0220. The molecule has 4 heterocycles. The van der Waals surface area contributed by atoms with Gasteiger partial charge in [0.05, 0.1) is 27.8 Å². The molecular formula is C91H61BN6O4. The van der Waals surface area contributed by atoms with Gasteiger partial charge in [-0.2, -0.15) is 0 Å². The van der Waals surface area contributed by atoms with Crippen LogP contribution in [0.2, 0.25) is 0 Å². The molecule has 16 aromatic rings. The predicted molar refractivity (Wildman–Crippen MR) is 412 cm³/mol. The lowest BCUT2D eigenvalue weighted by molar-refractivity contribution is 0.0464. The Kier molecular flexibility index (Phi) is 15.6. The molecule has 0 amide bonds. The van der Waals surface area contributed by atoms with Crippen molar-refractivity contribution in [3.63, 3.8) is 0 Å². The number of benzene rings is 14. The molecule has 0 radical (unpaired) electrons. The number of carbonyl (C=O) groups excluding carboxylic acids is 2. The molecule has 2 aromatic heterocycles. The lowest BCUT2D eigenvalue weighted by Crippen LogP contribution is -2.61. The van der Waals surface area contributed by atoms with Crippen molar-refractivity contribution in [2.75, 3.05) is 9.80 Å². The van der Waals surface area contributed by atoms with E-state index in [0.29, 0.717) is 34.2 Å². The highest BCUT2D eigenvalue weighted by Crippen LogP contribution is 2.47. The van der Waals surface area contributed by atoms with Crippen LogP contribution in [0.5, 0.6) is 0 Å². The minimum absolute atomic E-state index is 0.0346. The second-order valence-electron chi connectivity index (χ2n) is 25.6. The van der Waals surface area contributed by atoms with E-state index in [9.17, 15) is 9.59 Å². The van der Waals surface area contributed by atoms with E-state index in [-0.39, 0.29) is 19.9 Å². The van der Waals surface area contributed by atoms with Crippen LogP contribution < -0.4 is 26.2 Å². The maximum atomic E-state index is 14.2. The van der Waals surface area contributed by atoms with Gasteiger partial charge in [0.2, 0.25) is 0 Å². The van der Waals surface area contributed by atoms with E-state index in [1.54, 1.807) is 0 Å². The van der Waals surface area contributed by atoms with E-state index in [4.69, 9.17) is 24.4 Å². The number of hydrogen-bond donors (Lipinski definition) is 0. The van der Waals surface area contributed by atoms with Crippen molar-refractivity contribution < 1.29 is 19.1 Å². The number of ether oxygens (including phenoxy) is 2. The van der Waals surface area contributed by atoms with Crippen molar-refractivity contribution in [3.05, 3.63) is 368 Å². The fourth-order valence-corrected chi connectivity index (χ4v) is 14.8. The van der Waals surface area contributed by atoms with Gasteiger partial charge in [-0.15, -0.1) is 0 Å². The zero-order chi connectivity index (χ0) is 68.0. The zero-order valence-corrected chi connectivity index (χ0v) is 55.2.